The van der Waals surface area contributed by atoms with Gasteiger partial charge in [-0.25, -0.2) is 4.79 Å². The van der Waals surface area contributed by atoms with Crippen molar-refractivity contribution < 1.29 is 48.0 Å². The molecule has 332 valence electrons. The number of Topliss-reactive ketones (excluding diaryl/α,β-unsaturated/α-hetero) is 1. The van der Waals surface area contributed by atoms with Crippen molar-refractivity contribution in [2.24, 2.45) is 63.1 Å². The van der Waals surface area contributed by atoms with E-state index in [-0.39, 0.29) is 42.7 Å². The standard InChI is InChI=1S/C49H66N2O10/c1-44(2)37-36(53)38(54)48(30-9-5-4-6-10-30)35(47(37)25-58-43(56)46(42(47)61-44)16-7-8-17-46)13-18-45(3)39(59-41(55)40-49(45,48)60-40)32-15-20-57-34(32)22-29(24-52)27-11-12-31-28(21-27)14-19-51-26-50-23-33(31)51/h14-15,19-20,27-31,33,35,37-40,42,50,52,54H,4-13,16-18,21-26H2,1-3H3/t27-,28-,29-,31-,33+,35-,37-,38-,39+,40-,42+,45+,47-,48+,49-/m1/s1. The number of rotatable bonds is 6. The summed E-state index contributed by atoms with van der Waals surface area (Å²) in [5, 5.41) is 27.8. The van der Waals surface area contributed by atoms with Crippen molar-refractivity contribution in [1.29, 1.82) is 0 Å². The summed E-state index contributed by atoms with van der Waals surface area (Å²) in [6.45, 7) is 8.15. The number of fused-ring (bicyclic) bond motifs is 5. The Kier molecular flexibility index (Phi) is 8.74. The van der Waals surface area contributed by atoms with Gasteiger partial charge in [0.25, 0.3) is 0 Å². The van der Waals surface area contributed by atoms with E-state index < -0.39 is 69.2 Å². The number of ketones is 1. The molecule has 61 heavy (non-hydrogen) atoms. The van der Waals surface area contributed by atoms with Gasteiger partial charge in [-0.1, -0.05) is 45.1 Å². The Morgan fingerprint density at radius 2 is 1.75 bits per heavy atom. The van der Waals surface area contributed by atoms with Crippen LogP contribution in [0.5, 0.6) is 0 Å². The number of cyclic esters (lactones) is 2. The van der Waals surface area contributed by atoms with Crippen LogP contribution in [-0.2, 0) is 39.8 Å². The molecule has 1 aromatic heterocycles. The van der Waals surface area contributed by atoms with Crippen LogP contribution in [0.25, 0.3) is 0 Å². The van der Waals surface area contributed by atoms with E-state index >= 15 is 4.79 Å². The first kappa shape index (κ1) is 39.8. The summed E-state index contributed by atoms with van der Waals surface area (Å²) in [4.78, 5) is 46.8. The molecule has 11 aliphatic rings. The molecule has 5 aliphatic carbocycles. The van der Waals surface area contributed by atoms with Gasteiger partial charge in [0.1, 0.15) is 30.2 Å². The Morgan fingerprint density at radius 1 is 0.951 bits per heavy atom. The summed E-state index contributed by atoms with van der Waals surface area (Å²) in [7, 11) is 0. The first-order valence-electron chi connectivity index (χ1n) is 24.2. The highest BCUT2D eigenvalue weighted by Crippen LogP contribution is 2.83. The Morgan fingerprint density at radius 3 is 2.54 bits per heavy atom. The summed E-state index contributed by atoms with van der Waals surface area (Å²) >= 11 is 0. The van der Waals surface area contributed by atoms with Crippen molar-refractivity contribution in [1.82, 2.24) is 10.2 Å². The molecule has 3 spiro atoms. The largest absolute Gasteiger partial charge is 0.469 e. The molecule has 10 fully saturated rings. The molecule has 12 heteroatoms. The zero-order valence-electron chi connectivity index (χ0n) is 36.3. The van der Waals surface area contributed by atoms with Gasteiger partial charge in [-0.3, -0.25) is 14.9 Å². The third-order valence-corrected chi connectivity index (χ3v) is 20.1. The van der Waals surface area contributed by atoms with Gasteiger partial charge in [0.15, 0.2) is 11.9 Å². The van der Waals surface area contributed by atoms with Crippen LogP contribution < -0.4 is 5.32 Å². The monoisotopic (exact) mass is 842 g/mol. The van der Waals surface area contributed by atoms with Gasteiger partial charge in [0.05, 0.1) is 36.0 Å². The van der Waals surface area contributed by atoms with E-state index in [1.807, 2.05) is 19.9 Å². The maximum Gasteiger partial charge on any atom is 0.339 e. The predicted molar refractivity (Wildman–Crippen MR) is 219 cm³/mol. The fourth-order valence-corrected chi connectivity index (χ4v) is 17.9. The molecule has 0 bridgehead atoms. The zero-order valence-corrected chi connectivity index (χ0v) is 36.3. The van der Waals surface area contributed by atoms with E-state index in [0.717, 1.165) is 88.7 Å². The smallest absolute Gasteiger partial charge is 0.339 e. The van der Waals surface area contributed by atoms with E-state index in [2.05, 4.69) is 29.4 Å². The molecule has 0 radical (unpaired) electrons. The van der Waals surface area contributed by atoms with Crippen molar-refractivity contribution in [3.05, 3.63) is 35.9 Å². The highest BCUT2D eigenvalue weighted by atomic mass is 16.7. The van der Waals surface area contributed by atoms with Gasteiger partial charge < -0.3 is 38.5 Å². The van der Waals surface area contributed by atoms with Crippen LogP contribution in [0.4, 0.5) is 0 Å². The first-order valence-corrected chi connectivity index (χ1v) is 24.2. The van der Waals surface area contributed by atoms with Gasteiger partial charge in [0.2, 0.25) is 0 Å². The average Bonchev–Trinajstić information content (AvgIpc) is 3.71. The zero-order chi connectivity index (χ0) is 41.9. The minimum absolute atomic E-state index is 0.0253. The van der Waals surface area contributed by atoms with E-state index in [1.165, 1.54) is 0 Å². The lowest BCUT2D eigenvalue weighted by Crippen LogP contribution is -2.79. The molecule has 1 aromatic rings. The molecule has 0 unspecified atom stereocenters. The quantitative estimate of drug-likeness (QED) is 0.235. The van der Waals surface area contributed by atoms with Crippen molar-refractivity contribution in [3.8, 4) is 0 Å². The number of esters is 2. The highest BCUT2D eigenvalue weighted by molar-refractivity contribution is 5.92. The molecule has 7 heterocycles. The van der Waals surface area contributed by atoms with Gasteiger partial charge in [-0.05, 0) is 119 Å². The minimum Gasteiger partial charge on any atom is -0.469 e. The van der Waals surface area contributed by atoms with Gasteiger partial charge >= 0.3 is 11.9 Å². The van der Waals surface area contributed by atoms with Gasteiger partial charge in [-0.15, -0.1) is 0 Å². The summed E-state index contributed by atoms with van der Waals surface area (Å²) < 4.78 is 33.6. The average molecular weight is 843 g/mol. The lowest BCUT2D eigenvalue weighted by atomic mass is 9.32. The van der Waals surface area contributed by atoms with Crippen molar-refractivity contribution in [2.75, 3.05) is 26.4 Å². The Bertz CT molecular complexity index is 2020. The van der Waals surface area contributed by atoms with Crippen molar-refractivity contribution >= 4 is 17.7 Å². The second kappa shape index (κ2) is 13.4. The van der Waals surface area contributed by atoms with Crippen LogP contribution in [0.15, 0.2) is 29.0 Å². The summed E-state index contributed by atoms with van der Waals surface area (Å²) in [6.07, 6.45) is 15.5. The molecule has 3 N–H and O–H groups in total. The minimum atomic E-state index is -1.40. The number of nitrogens with zero attached hydrogens (tertiary/aromatic N) is 1. The number of nitrogens with one attached hydrogen (secondary N) is 1. The van der Waals surface area contributed by atoms with Crippen LogP contribution in [0.2, 0.25) is 0 Å². The number of aliphatic hydroxyl groups excluding tert-OH is 2. The van der Waals surface area contributed by atoms with Crippen LogP contribution >= 0.6 is 0 Å². The van der Waals surface area contributed by atoms with E-state index in [9.17, 15) is 19.8 Å². The van der Waals surface area contributed by atoms with Crippen molar-refractivity contribution in [3.63, 3.8) is 0 Å². The third-order valence-electron chi connectivity index (χ3n) is 20.1. The SMILES string of the molecule is CC1(C)O[C@H]2C3(CCCC3)C(=O)OC[C@@]23[C@@H]1C(=O)[C@@H](O)[C@]1(C2CCCCC2)[C@@H]3CC[C@@]2(C)[C@H](c3ccoc3C[C@H](CO)[C@@H]3CC[C@@H]4[C@H](C=CN5CNC[C@@H]45)C3)OC(=O)[C@H]3O[C@@]312. The second-order valence-electron chi connectivity index (χ2n) is 22.6. The van der Waals surface area contributed by atoms with E-state index in [0.29, 0.717) is 55.9 Å². The number of carbonyl (C=O) groups excluding carboxylic acids is 3. The number of epoxide rings is 1. The van der Waals surface area contributed by atoms with E-state index in [1.54, 1.807) is 6.26 Å². The van der Waals surface area contributed by atoms with Crippen LogP contribution in [0.1, 0.15) is 128 Å². The summed E-state index contributed by atoms with van der Waals surface area (Å²) in [6, 6.07) is 2.48. The molecular weight excluding hydrogens is 777 g/mol. The Balaban J connectivity index is 0.942. The molecule has 12 nitrogen and oxygen atoms in total. The number of ether oxygens (including phenoxy) is 4. The van der Waals surface area contributed by atoms with Crippen LogP contribution in [-0.4, -0.2) is 94.8 Å². The predicted octanol–water partition coefficient (Wildman–Crippen LogP) is 5.78. The fourth-order valence-electron chi connectivity index (χ4n) is 17.9. The topological polar surface area (TPSA) is 160 Å². The number of furan rings is 1. The molecule has 5 saturated heterocycles. The van der Waals surface area contributed by atoms with Crippen LogP contribution in [0, 0.1) is 63.1 Å². The molecule has 12 rings (SSSR count). The number of carbonyl (C=O) groups is 3. The number of allylic oxidation sites excluding steroid dienone is 1. The number of hydrogen-bond donors (Lipinski definition) is 3. The lowest BCUT2D eigenvalue weighted by Gasteiger charge is -2.70. The van der Waals surface area contributed by atoms with Gasteiger partial charge in [-0.2, -0.15) is 0 Å². The molecule has 0 aromatic carbocycles. The van der Waals surface area contributed by atoms with Gasteiger partial charge in [0, 0.05) is 47.4 Å². The molecule has 5 saturated carbocycles. The summed E-state index contributed by atoms with van der Waals surface area (Å²) in [5.74, 6) is 0.108. The molecule has 15 atom stereocenters. The second-order valence-corrected chi connectivity index (χ2v) is 22.6. The highest BCUT2D eigenvalue weighted by Gasteiger charge is 2.93. The van der Waals surface area contributed by atoms with E-state index in [4.69, 9.17) is 23.4 Å². The van der Waals surface area contributed by atoms with Crippen LogP contribution in [0.3, 0.4) is 0 Å². The third kappa shape index (κ3) is 4.82. The normalized spacial score (nSPS) is 48.2. The molecule has 6 aliphatic heterocycles. The maximum atomic E-state index is 15.6. The fraction of sp³-hybridized carbons (Fsp3) is 0.816. The van der Waals surface area contributed by atoms with Crippen molar-refractivity contribution in [2.45, 2.75) is 159 Å². The Hall–Kier alpha value is -2.77. The summed E-state index contributed by atoms with van der Waals surface area (Å²) in [5.41, 5.74) is -5.05. The maximum absolute atomic E-state index is 15.6. The lowest BCUT2D eigenvalue weighted by molar-refractivity contribution is -0.284. The number of hydrogen-bond acceptors (Lipinski definition) is 12. The first-order chi connectivity index (χ1) is 29.4. The Labute approximate surface area is 359 Å². The molecular formula is C49H66N2O10. The number of aliphatic hydroxyl groups is 2. The molecule has 0 amide bonds.